The van der Waals surface area contributed by atoms with Crippen molar-refractivity contribution < 1.29 is 0 Å². The quantitative estimate of drug-likeness (QED) is 0.750. The zero-order valence-electron chi connectivity index (χ0n) is 8.98. The highest BCUT2D eigenvalue weighted by Gasteiger charge is 2.26. The fraction of sp³-hybridized carbons (Fsp3) is 0.0667. The van der Waals surface area contributed by atoms with E-state index in [1.165, 1.54) is 16.8 Å². The lowest BCUT2D eigenvalue weighted by Gasteiger charge is -2.11. The van der Waals surface area contributed by atoms with Crippen molar-refractivity contribution in [2.24, 2.45) is 0 Å². The molecule has 78 valence electrons. The summed E-state index contributed by atoms with van der Waals surface area (Å²) in [6, 6.07) is 18.9. The molecule has 1 heteroatoms. The van der Waals surface area contributed by atoms with Gasteiger partial charge in [-0.3, -0.25) is 0 Å². The van der Waals surface area contributed by atoms with Gasteiger partial charge in [-0.15, -0.1) is 0 Å². The predicted molar refractivity (Wildman–Crippen MR) is 67.5 cm³/mol. The number of nitrogens with one attached hydrogen (secondary N) is 1. The number of hydrogen-bond donors (Lipinski definition) is 1. The summed E-state index contributed by atoms with van der Waals surface area (Å²) in [6.45, 7) is 4.12. The number of fused-ring (bicyclic) bond motifs is 1. The lowest BCUT2D eigenvalue weighted by atomic mass is 9.91. The molecule has 1 atom stereocenters. The molecule has 0 saturated carbocycles. The van der Waals surface area contributed by atoms with E-state index in [1.54, 1.807) is 0 Å². The second-order valence-corrected chi connectivity index (χ2v) is 4.08. The Morgan fingerprint density at radius 2 is 1.56 bits per heavy atom. The van der Waals surface area contributed by atoms with Crippen LogP contribution in [0.1, 0.15) is 17.0 Å². The van der Waals surface area contributed by atoms with Crippen LogP contribution in [-0.4, -0.2) is 0 Å². The van der Waals surface area contributed by atoms with Crippen LogP contribution in [0.25, 0.3) is 0 Å². The van der Waals surface area contributed by atoms with Gasteiger partial charge >= 0.3 is 0 Å². The molecule has 1 aliphatic heterocycles. The minimum Gasteiger partial charge on any atom is -0.358 e. The van der Waals surface area contributed by atoms with Crippen LogP contribution in [-0.2, 0) is 0 Å². The highest BCUT2D eigenvalue weighted by atomic mass is 14.9. The summed E-state index contributed by atoms with van der Waals surface area (Å²) in [5.41, 5.74) is 4.86. The molecule has 1 aliphatic rings. The van der Waals surface area contributed by atoms with Gasteiger partial charge < -0.3 is 5.32 Å². The largest absolute Gasteiger partial charge is 0.358 e. The summed E-state index contributed by atoms with van der Waals surface area (Å²) in [5, 5.41) is 3.35. The molecule has 0 radical (unpaired) electrons. The number of benzene rings is 2. The van der Waals surface area contributed by atoms with Crippen molar-refractivity contribution in [1.29, 1.82) is 0 Å². The van der Waals surface area contributed by atoms with Crippen molar-refractivity contribution in [2.45, 2.75) is 5.92 Å². The van der Waals surface area contributed by atoms with E-state index in [9.17, 15) is 0 Å². The molecule has 2 aromatic rings. The fourth-order valence-electron chi connectivity index (χ4n) is 2.32. The summed E-state index contributed by atoms with van der Waals surface area (Å²) in [4.78, 5) is 0. The topological polar surface area (TPSA) is 12.0 Å². The summed E-state index contributed by atoms with van der Waals surface area (Å²) in [7, 11) is 0. The van der Waals surface area contributed by atoms with Crippen molar-refractivity contribution in [3.63, 3.8) is 0 Å². The van der Waals surface area contributed by atoms with E-state index in [1.807, 2.05) is 12.1 Å². The third-order valence-corrected chi connectivity index (χ3v) is 3.05. The normalized spacial score (nSPS) is 18.0. The lowest BCUT2D eigenvalue weighted by Crippen LogP contribution is -2.00. The second-order valence-electron chi connectivity index (χ2n) is 4.08. The number of para-hydroxylation sites is 1. The van der Waals surface area contributed by atoms with Gasteiger partial charge in [-0.25, -0.2) is 0 Å². The molecular weight excluding hydrogens is 194 g/mol. The zero-order chi connectivity index (χ0) is 11.0. The molecule has 0 bridgehead atoms. The van der Waals surface area contributed by atoms with Crippen LogP contribution in [0.5, 0.6) is 0 Å². The first kappa shape index (κ1) is 9.22. The van der Waals surface area contributed by atoms with Crippen molar-refractivity contribution in [2.75, 3.05) is 5.32 Å². The smallest absolute Gasteiger partial charge is 0.0505 e. The first-order valence-corrected chi connectivity index (χ1v) is 5.46. The van der Waals surface area contributed by atoms with Crippen LogP contribution in [0.2, 0.25) is 0 Å². The third-order valence-electron chi connectivity index (χ3n) is 3.05. The second kappa shape index (κ2) is 3.53. The average molecular weight is 207 g/mol. The van der Waals surface area contributed by atoms with Crippen molar-refractivity contribution in [1.82, 2.24) is 0 Å². The Kier molecular flexibility index (Phi) is 2.03. The van der Waals surface area contributed by atoms with Crippen LogP contribution in [0, 0.1) is 0 Å². The Morgan fingerprint density at radius 1 is 0.875 bits per heavy atom. The van der Waals surface area contributed by atoms with Crippen molar-refractivity contribution >= 4 is 5.69 Å². The maximum Gasteiger partial charge on any atom is 0.0505 e. The number of hydrogen-bond acceptors (Lipinski definition) is 1. The molecule has 1 heterocycles. The van der Waals surface area contributed by atoms with Crippen LogP contribution < -0.4 is 5.32 Å². The Hall–Kier alpha value is -2.02. The molecule has 0 saturated heterocycles. The molecule has 0 fully saturated rings. The third kappa shape index (κ3) is 1.33. The molecule has 16 heavy (non-hydrogen) atoms. The minimum atomic E-state index is 0.289. The van der Waals surface area contributed by atoms with Gasteiger partial charge in [0.2, 0.25) is 0 Å². The van der Waals surface area contributed by atoms with Crippen molar-refractivity contribution in [3.05, 3.63) is 78.0 Å². The van der Waals surface area contributed by atoms with Gasteiger partial charge in [0.15, 0.2) is 0 Å². The number of allylic oxidation sites excluding steroid dienone is 1. The van der Waals surface area contributed by atoms with Crippen LogP contribution in [0.15, 0.2) is 66.9 Å². The monoisotopic (exact) mass is 207 g/mol. The molecule has 2 aromatic carbocycles. The van der Waals surface area contributed by atoms with E-state index in [0.29, 0.717) is 0 Å². The Bertz CT molecular complexity index is 528. The van der Waals surface area contributed by atoms with Gasteiger partial charge in [0.25, 0.3) is 0 Å². The van der Waals surface area contributed by atoms with E-state index < -0.39 is 0 Å². The van der Waals surface area contributed by atoms with Gasteiger partial charge in [-0.1, -0.05) is 55.1 Å². The van der Waals surface area contributed by atoms with Crippen LogP contribution in [0.3, 0.4) is 0 Å². The SMILES string of the molecule is C=C1Nc2ccccc2C1c1ccccc1. The van der Waals surface area contributed by atoms with E-state index in [0.717, 1.165) is 5.70 Å². The standard InChI is InChI=1S/C15H13N/c1-11-15(12-7-3-2-4-8-12)13-9-5-6-10-14(13)16-11/h2-10,15-16H,1H2. The summed E-state index contributed by atoms with van der Waals surface area (Å²) in [6.07, 6.45) is 0. The van der Waals surface area contributed by atoms with Gasteiger partial charge in [0.05, 0.1) is 5.92 Å². The van der Waals surface area contributed by atoms with Crippen LogP contribution >= 0.6 is 0 Å². The first-order valence-electron chi connectivity index (χ1n) is 5.46. The van der Waals surface area contributed by atoms with Crippen LogP contribution in [0.4, 0.5) is 5.69 Å². The molecular formula is C15H13N. The van der Waals surface area contributed by atoms with E-state index in [4.69, 9.17) is 0 Å². The predicted octanol–water partition coefficient (Wildman–Crippen LogP) is 3.76. The minimum absolute atomic E-state index is 0.289. The Morgan fingerprint density at radius 3 is 2.38 bits per heavy atom. The first-order chi connectivity index (χ1) is 7.86. The average Bonchev–Trinajstić information content (AvgIpc) is 2.66. The maximum absolute atomic E-state index is 4.12. The summed E-state index contributed by atoms with van der Waals surface area (Å²) in [5.74, 6) is 0.289. The molecule has 0 amide bonds. The molecule has 1 N–H and O–H groups in total. The highest BCUT2D eigenvalue weighted by molar-refractivity contribution is 5.67. The molecule has 1 nitrogen and oxygen atoms in total. The number of anilines is 1. The molecule has 1 unspecified atom stereocenters. The Balaban J connectivity index is 2.13. The Labute approximate surface area is 95.4 Å². The van der Waals surface area contributed by atoms with E-state index in [2.05, 4.69) is 54.4 Å². The van der Waals surface area contributed by atoms with Gasteiger partial charge in [-0.2, -0.15) is 0 Å². The molecule has 0 aromatic heterocycles. The number of rotatable bonds is 1. The fourth-order valence-corrected chi connectivity index (χ4v) is 2.32. The highest BCUT2D eigenvalue weighted by Crippen LogP contribution is 2.41. The zero-order valence-corrected chi connectivity index (χ0v) is 8.98. The summed E-state index contributed by atoms with van der Waals surface area (Å²) < 4.78 is 0. The van der Waals surface area contributed by atoms with Gasteiger partial charge in [0, 0.05) is 11.4 Å². The van der Waals surface area contributed by atoms with Gasteiger partial charge in [0.1, 0.15) is 0 Å². The maximum atomic E-state index is 4.12. The molecule has 0 aliphatic carbocycles. The summed E-state index contributed by atoms with van der Waals surface area (Å²) >= 11 is 0. The van der Waals surface area contributed by atoms with Crippen molar-refractivity contribution in [3.8, 4) is 0 Å². The molecule has 0 spiro atoms. The lowest BCUT2D eigenvalue weighted by molar-refractivity contribution is 1.01. The van der Waals surface area contributed by atoms with Gasteiger partial charge in [-0.05, 0) is 17.2 Å². The molecule has 3 rings (SSSR count). The van der Waals surface area contributed by atoms with E-state index in [-0.39, 0.29) is 5.92 Å². The van der Waals surface area contributed by atoms with E-state index >= 15 is 0 Å².